The van der Waals surface area contributed by atoms with Gasteiger partial charge in [0.15, 0.2) is 5.82 Å². The van der Waals surface area contributed by atoms with Crippen LogP contribution in [-0.2, 0) is 16.1 Å². The molecule has 0 saturated carbocycles. The van der Waals surface area contributed by atoms with Crippen molar-refractivity contribution >= 4 is 40.6 Å². The van der Waals surface area contributed by atoms with E-state index in [0.29, 0.717) is 28.8 Å². The number of hydrogen-bond donors (Lipinski definition) is 1. The van der Waals surface area contributed by atoms with Crippen molar-refractivity contribution in [3.63, 3.8) is 0 Å². The van der Waals surface area contributed by atoms with E-state index < -0.39 is 0 Å². The lowest BCUT2D eigenvalue weighted by molar-refractivity contribution is -0.123. The van der Waals surface area contributed by atoms with Crippen LogP contribution in [0.2, 0.25) is 5.02 Å². The summed E-state index contributed by atoms with van der Waals surface area (Å²) in [6.45, 7) is 2.28. The molecule has 156 valence electrons. The molecule has 1 aliphatic rings. The number of nitrogens with zero attached hydrogens (tertiary/aromatic N) is 3. The Morgan fingerprint density at radius 1 is 1.10 bits per heavy atom. The van der Waals surface area contributed by atoms with Gasteiger partial charge in [-0.1, -0.05) is 53.6 Å². The van der Waals surface area contributed by atoms with Gasteiger partial charge in [0.1, 0.15) is 12.2 Å². The Morgan fingerprint density at radius 2 is 1.84 bits per heavy atom. The molecule has 2 aromatic carbocycles. The predicted octanol–water partition coefficient (Wildman–Crippen LogP) is 4.22. The van der Waals surface area contributed by atoms with Crippen LogP contribution in [0.3, 0.4) is 0 Å². The first kappa shape index (κ1) is 20.8. The lowest BCUT2D eigenvalue weighted by atomic mass is 10.1. The summed E-state index contributed by atoms with van der Waals surface area (Å²) in [6.07, 6.45) is 1.65. The maximum Gasteiger partial charge on any atom is 0.240 e. The van der Waals surface area contributed by atoms with Crippen molar-refractivity contribution in [3.05, 3.63) is 88.6 Å². The first-order chi connectivity index (χ1) is 15.0. The third-order valence-corrected chi connectivity index (χ3v) is 5.24. The number of pyridine rings is 1. The minimum Gasteiger partial charge on any atom is -0.350 e. The van der Waals surface area contributed by atoms with Crippen LogP contribution in [0.5, 0.6) is 0 Å². The Bertz CT molecular complexity index is 1140. The van der Waals surface area contributed by atoms with Gasteiger partial charge >= 0.3 is 0 Å². The summed E-state index contributed by atoms with van der Waals surface area (Å²) in [5, 5.41) is 3.48. The highest BCUT2D eigenvalue weighted by molar-refractivity contribution is 6.30. The summed E-state index contributed by atoms with van der Waals surface area (Å²) in [6, 6.07) is 18.6. The molecule has 7 heteroatoms. The van der Waals surface area contributed by atoms with Crippen LogP contribution in [0, 0.1) is 6.92 Å². The van der Waals surface area contributed by atoms with Crippen LogP contribution < -0.4 is 10.2 Å². The van der Waals surface area contributed by atoms with Crippen LogP contribution in [0.4, 0.5) is 11.5 Å². The van der Waals surface area contributed by atoms with Crippen molar-refractivity contribution in [2.45, 2.75) is 19.9 Å². The molecule has 1 N–H and O–H groups in total. The number of aliphatic imine (C=N–C) groups is 1. The summed E-state index contributed by atoms with van der Waals surface area (Å²) >= 11 is 5.99. The zero-order valence-electron chi connectivity index (χ0n) is 17.0. The summed E-state index contributed by atoms with van der Waals surface area (Å²) < 4.78 is 0. The van der Waals surface area contributed by atoms with Gasteiger partial charge in [0.05, 0.1) is 12.1 Å². The predicted molar refractivity (Wildman–Crippen MR) is 122 cm³/mol. The lowest BCUT2D eigenvalue weighted by Crippen LogP contribution is -2.41. The standard InChI is InChI=1S/C24H21ClN4O2/c1-16-4-6-17(7-5-16)14-27-22(30)15-29-23(31)13-21(18-8-10-19(25)11-9-18)28-20-3-2-12-26-24(20)29/h2-12H,13-15H2,1H3,(H,27,30). The van der Waals surface area contributed by atoms with Crippen molar-refractivity contribution in [3.8, 4) is 0 Å². The van der Waals surface area contributed by atoms with E-state index in [1.807, 2.05) is 43.3 Å². The van der Waals surface area contributed by atoms with E-state index >= 15 is 0 Å². The van der Waals surface area contributed by atoms with Gasteiger partial charge in [0, 0.05) is 17.8 Å². The van der Waals surface area contributed by atoms with E-state index in [9.17, 15) is 9.59 Å². The summed E-state index contributed by atoms with van der Waals surface area (Å²) in [5.74, 6) is -0.126. The lowest BCUT2D eigenvalue weighted by Gasteiger charge is -2.20. The molecule has 0 spiro atoms. The molecule has 4 rings (SSSR count). The summed E-state index contributed by atoms with van der Waals surface area (Å²) in [5.41, 5.74) is 4.11. The molecule has 0 radical (unpaired) electrons. The topological polar surface area (TPSA) is 74.7 Å². The quantitative estimate of drug-likeness (QED) is 0.656. The van der Waals surface area contributed by atoms with E-state index in [2.05, 4.69) is 15.3 Å². The van der Waals surface area contributed by atoms with Gasteiger partial charge in [0.2, 0.25) is 11.8 Å². The Morgan fingerprint density at radius 3 is 2.58 bits per heavy atom. The summed E-state index contributed by atoms with van der Waals surface area (Å²) in [4.78, 5) is 36.1. The molecule has 2 amide bonds. The number of carbonyl (C=O) groups is 2. The number of amides is 2. The Kier molecular flexibility index (Phi) is 6.09. The fraction of sp³-hybridized carbons (Fsp3) is 0.167. The molecule has 1 aromatic heterocycles. The largest absolute Gasteiger partial charge is 0.350 e. The monoisotopic (exact) mass is 432 g/mol. The van der Waals surface area contributed by atoms with Gasteiger partial charge in [0.25, 0.3) is 0 Å². The maximum atomic E-state index is 13.1. The molecule has 6 nitrogen and oxygen atoms in total. The number of nitrogens with one attached hydrogen (secondary N) is 1. The SMILES string of the molecule is Cc1ccc(CNC(=O)CN2C(=O)CC(c3ccc(Cl)cc3)=Nc3cccnc32)cc1. The number of benzene rings is 2. The Balaban J connectivity index is 1.53. The van der Waals surface area contributed by atoms with E-state index in [4.69, 9.17) is 11.6 Å². The highest BCUT2D eigenvalue weighted by Crippen LogP contribution is 2.30. The van der Waals surface area contributed by atoms with Crippen LogP contribution in [0.25, 0.3) is 0 Å². The van der Waals surface area contributed by atoms with Gasteiger partial charge in [-0.3, -0.25) is 14.5 Å². The molecule has 0 fully saturated rings. The van der Waals surface area contributed by atoms with E-state index in [1.165, 1.54) is 4.90 Å². The van der Waals surface area contributed by atoms with Crippen LogP contribution in [0.1, 0.15) is 23.1 Å². The first-order valence-electron chi connectivity index (χ1n) is 9.91. The molecule has 0 bridgehead atoms. The zero-order chi connectivity index (χ0) is 21.8. The number of aryl methyl sites for hydroxylation is 1. The van der Waals surface area contributed by atoms with Crippen molar-refractivity contribution in [1.82, 2.24) is 10.3 Å². The summed E-state index contributed by atoms with van der Waals surface area (Å²) in [7, 11) is 0. The molecular formula is C24H21ClN4O2. The Hall–Kier alpha value is -3.51. The molecule has 31 heavy (non-hydrogen) atoms. The zero-order valence-corrected chi connectivity index (χ0v) is 17.8. The van der Waals surface area contributed by atoms with E-state index in [1.54, 1.807) is 30.5 Å². The maximum absolute atomic E-state index is 13.1. The minimum atomic E-state index is -0.263. The average Bonchev–Trinajstić information content (AvgIpc) is 2.90. The average molecular weight is 433 g/mol. The normalized spacial score (nSPS) is 13.3. The third kappa shape index (κ3) is 4.98. The number of hydrogen-bond acceptors (Lipinski definition) is 4. The highest BCUT2D eigenvalue weighted by Gasteiger charge is 2.27. The smallest absolute Gasteiger partial charge is 0.240 e. The van der Waals surface area contributed by atoms with Crippen LogP contribution in [-0.4, -0.2) is 29.1 Å². The first-order valence-corrected chi connectivity index (χ1v) is 10.3. The number of aromatic nitrogens is 1. The fourth-order valence-corrected chi connectivity index (χ4v) is 3.43. The number of anilines is 1. The molecule has 1 aliphatic heterocycles. The number of rotatable bonds is 5. The molecule has 0 aliphatic carbocycles. The number of carbonyl (C=O) groups excluding carboxylic acids is 2. The van der Waals surface area contributed by atoms with Gasteiger partial charge in [-0.2, -0.15) is 0 Å². The van der Waals surface area contributed by atoms with Gasteiger partial charge in [-0.15, -0.1) is 0 Å². The second kappa shape index (κ2) is 9.10. The van der Waals surface area contributed by atoms with E-state index in [0.717, 1.165) is 16.7 Å². The number of fused-ring (bicyclic) bond motifs is 1. The minimum absolute atomic E-state index is 0.0588. The third-order valence-electron chi connectivity index (χ3n) is 4.99. The molecule has 3 aromatic rings. The van der Waals surface area contributed by atoms with Crippen molar-refractivity contribution in [2.75, 3.05) is 11.4 Å². The second-order valence-corrected chi connectivity index (χ2v) is 7.77. The van der Waals surface area contributed by atoms with Gasteiger partial charge in [-0.05, 0) is 42.3 Å². The van der Waals surface area contributed by atoms with Crippen molar-refractivity contribution < 1.29 is 9.59 Å². The molecule has 0 atom stereocenters. The van der Waals surface area contributed by atoms with E-state index in [-0.39, 0.29) is 24.8 Å². The van der Waals surface area contributed by atoms with Crippen molar-refractivity contribution in [1.29, 1.82) is 0 Å². The molecule has 0 saturated heterocycles. The number of halogens is 1. The highest BCUT2D eigenvalue weighted by atomic mass is 35.5. The van der Waals surface area contributed by atoms with Gasteiger partial charge < -0.3 is 5.32 Å². The molecule has 2 heterocycles. The van der Waals surface area contributed by atoms with Gasteiger partial charge in [-0.25, -0.2) is 9.98 Å². The van der Waals surface area contributed by atoms with Crippen LogP contribution >= 0.6 is 11.6 Å². The van der Waals surface area contributed by atoms with Crippen molar-refractivity contribution in [2.24, 2.45) is 4.99 Å². The molecule has 0 unspecified atom stereocenters. The molecular weight excluding hydrogens is 412 g/mol. The second-order valence-electron chi connectivity index (χ2n) is 7.33. The fourth-order valence-electron chi connectivity index (χ4n) is 3.30. The Labute approximate surface area is 185 Å². The van der Waals surface area contributed by atoms with Crippen LogP contribution in [0.15, 0.2) is 71.9 Å².